The molecule has 0 aromatic heterocycles. The largest absolute Gasteiger partial charge is 0.493 e. The fraction of sp³-hybridized carbons (Fsp3) is 0.278. The molecule has 0 saturated heterocycles. The first-order valence-corrected chi connectivity index (χ1v) is 7.55. The molecule has 0 aliphatic heterocycles. The highest BCUT2D eigenvalue weighted by Crippen LogP contribution is 2.31. The van der Waals surface area contributed by atoms with Crippen molar-refractivity contribution in [2.24, 2.45) is 5.73 Å². The van der Waals surface area contributed by atoms with E-state index in [0.717, 1.165) is 5.69 Å². The SMILES string of the molecule is COc1ccccc1Oc1ccc(NC(=O)CCC(C)N)cc1. The summed E-state index contributed by atoms with van der Waals surface area (Å²) in [4.78, 5) is 11.8. The normalized spacial score (nSPS) is 11.6. The van der Waals surface area contributed by atoms with Crippen molar-refractivity contribution >= 4 is 11.6 Å². The molecule has 0 radical (unpaired) electrons. The molecule has 0 saturated carbocycles. The molecule has 5 heteroatoms. The van der Waals surface area contributed by atoms with Gasteiger partial charge in [0.05, 0.1) is 7.11 Å². The second-order valence-electron chi connectivity index (χ2n) is 5.34. The Morgan fingerprint density at radius 1 is 1.13 bits per heavy atom. The van der Waals surface area contributed by atoms with Crippen LogP contribution in [-0.4, -0.2) is 19.1 Å². The molecule has 2 rings (SSSR count). The third-order valence-electron chi connectivity index (χ3n) is 3.26. The maximum atomic E-state index is 11.8. The van der Waals surface area contributed by atoms with Crippen LogP contribution in [0.3, 0.4) is 0 Å². The molecule has 122 valence electrons. The van der Waals surface area contributed by atoms with E-state index in [4.69, 9.17) is 15.2 Å². The van der Waals surface area contributed by atoms with Crippen molar-refractivity contribution in [2.75, 3.05) is 12.4 Å². The first-order valence-electron chi connectivity index (χ1n) is 7.55. The number of amides is 1. The third-order valence-corrected chi connectivity index (χ3v) is 3.26. The Hall–Kier alpha value is -2.53. The highest BCUT2D eigenvalue weighted by Gasteiger charge is 2.06. The van der Waals surface area contributed by atoms with Crippen LogP contribution in [0.15, 0.2) is 48.5 Å². The molecule has 0 aliphatic carbocycles. The number of para-hydroxylation sites is 2. The van der Waals surface area contributed by atoms with Gasteiger partial charge in [-0.25, -0.2) is 0 Å². The van der Waals surface area contributed by atoms with Gasteiger partial charge in [0.25, 0.3) is 0 Å². The molecule has 2 aromatic rings. The van der Waals surface area contributed by atoms with Gasteiger partial charge < -0.3 is 20.5 Å². The number of hydrogen-bond donors (Lipinski definition) is 2. The molecule has 2 aromatic carbocycles. The topological polar surface area (TPSA) is 73.6 Å². The molecule has 0 bridgehead atoms. The molecule has 0 fully saturated rings. The van der Waals surface area contributed by atoms with Crippen LogP contribution in [0.5, 0.6) is 17.2 Å². The zero-order valence-electron chi connectivity index (χ0n) is 13.4. The van der Waals surface area contributed by atoms with Crippen LogP contribution in [0.1, 0.15) is 19.8 Å². The molecule has 1 unspecified atom stereocenters. The molecule has 1 atom stereocenters. The zero-order chi connectivity index (χ0) is 16.7. The Morgan fingerprint density at radius 3 is 2.39 bits per heavy atom. The van der Waals surface area contributed by atoms with E-state index in [0.29, 0.717) is 30.1 Å². The number of anilines is 1. The highest BCUT2D eigenvalue weighted by molar-refractivity contribution is 5.90. The second kappa shape index (κ2) is 8.19. The Kier molecular flexibility index (Phi) is 6.00. The number of carbonyl (C=O) groups is 1. The molecule has 0 aliphatic rings. The Bertz CT molecular complexity index is 639. The fourth-order valence-electron chi connectivity index (χ4n) is 2.02. The highest BCUT2D eigenvalue weighted by atomic mass is 16.5. The average molecular weight is 314 g/mol. The first-order chi connectivity index (χ1) is 11.1. The van der Waals surface area contributed by atoms with E-state index in [-0.39, 0.29) is 11.9 Å². The zero-order valence-corrected chi connectivity index (χ0v) is 13.4. The van der Waals surface area contributed by atoms with Crippen LogP contribution in [0, 0.1) is 0 Å². The quantitative estimate of drug-likeness (QED) is 0.819. The fourth-order valence-corrected chi connectivity index (χ4v) is 2.02. The van der Waals surface area contributed by atoms with Crippen molar-refractivity contribution in [1.82, 2.24) is 0 Å². The molecule has 23 heavy (non-hydrogen) atoms. The van der Waals surface area contributed by atoms with Gasteiger partial charge in [0, 0.05) is 18.2 Å². The maximum Gasteiger partial charge on any atom is 0.224 e. The van der Waals surface area contributed by atoms with Gasteiger partial charge in [-0.2, -0.15) is 0 Å². The lowest BCUT2D eigenvalue weighted by Crippen LogP contribution is -2.19. The Morgan fingerprint density at radius 2 is 1.78 bits per heavy atom. The van der Waals surface area contributed by atoms with Gasteiger partial charge in [0.1, 0.15) is 5.75 Å². The van der Waals surface area contributed by atoms with Crippen LogP contribution in [0.25, 0.3) is 0 Å². The summed E-state index contributed by atoms with van der Waals surface area (Å²) in [6, 6.07) is 14.7. The maximum absolute atomic E-state index is 11.8. The van der Waals surface area contributed by atoms with E-state index in [9.17, 15) is 4.79 Å². The number of carbonyl (C=O) groups excluding carboxylic acids is 1. The predicted molar refractivity (Wildman–Crippen MR) is 91.0 cm³/mol. The number of benzene rings is 2. The van der Waals surface area contributed by atoms with Crippen molar-refractivity contribution in [3.8, 4) is 17.2 Å². The number of nitrogens with two attached hydrogens (primary N) is 1. The number of methoxy groups -OCH3 is 1. The third kappa shape index (κ3) is 5.30. The van der Waals surface area contributed by atoms with Crippen molar-refractivity contribution in [2.45, 2.75) is 25.8 Å². The summed E-state index contributed by atoms with van der Waals surface area (Å²) in [5.41, 5.74) is 6.37. The van der Waals surface area contributed by atoms with Crippen LogP contribution in [-0.2, 0) is 4.79 Å². The molecule has 5 nitrogen and oxygen atoms in total. The lowest BCUT2D eigenvalue weighted by atomic mass is 10.2. The van der Waals surface area contributed by atoms with E-state index in [2.05, 4.69) is 5.32 Å². The molecule has 3 N–H and O–H groups in total. The van der Waals surface area contributed by atoms with Gasteiger partial charge in [-0.3, -0.25) is 4.79 Å². The van der Waals surface area contributed by atoms with Crippen molar-refractivity contribution < 1.29 is 14.3 Å². The number of rotatable bonds is 7. The number of ether oxygens (including phenoxy) is 2. The summed E-state index contributed by atoms with van der Waals surface area (Å²) < 4.78 is 11.0. The summed E-state index contributed by atoms with van der Waals surface area (Å²) in [6.45, 7) is 1.89. The summed E-state index contributed by atoms with van der Waals surface area (Å²) in [5.74, 6) is 1.94. The van der Waals surface area contributed by atoms with Gasteiger partial charge in [0.2, 0.25) is 5.91 Å². The van der Waals surface area contributed by atoms with Gasteiger partial charge in [-0.05, 0) is 49.7 Å². The minimum Gasteiger partial charge on any atom is -0.493 e. The van der Waals surface area contributed by atoms with Crippen molar-refractivity contribution in [3.05, 3.63) is 48.5 Å². The van der Waals surface area contributed by atoms with E-state index >= 15 is 0 Å². The van der Waals surface area contributed by atoms with Crippen LogP contribution in [0.4, 0.5) is 5.69 Å². The summed E-state index contributed by atoms with van der Waals surface area (Å²) >= 11 is 0. The van der Waals surface area contributed by atoms with Crippen LogP contribution >= 0.6 is 0 Å². The van der Waals surface area contributed by atoms with E-state index in [1.54, 1.807) is 31.4 Å². The smallest absolute Gasteiger partial charge is 0.224 e. The predicted octanol–water partition coefficient (Wildman–Crippen LogP) is 3.55. The first kappa shape index (κ1) is 16.8. The monoisotopic (exact) mass is 314 g/mol. The molecule has 1 amide bonds. The molecule has 0 heterocycles. The van der Waals surface area contributed by atoms with Crippen molar-refractivity contribution in [1.29, 1.82) is 0 Å². The van der Waals surface area contributed by atoms with Crippen molar-refractivity contribution in [3.63, 3.8) is 0 Å². The number of nitrogens with one attached hydrogen (secondary N) is 1. The van der Waals surface area contributed by atoms with Gasteiger partial charge >= 0.3 is 0 Å². The summed E-state index contributed by atoms with van der Waals surface area (Å²) in [5, 5.41) is 2.84. The van der Waals surface area contributed by atoms with E-state index in [1.165, 1.54) is 0 Å². The van der Waals surface area contributed by atoms with E-state index in [1.807, 2.05) is 31.2 Å². The standard InChI is InChI=1S/C18H22N2O3/c1-13(19)7-12-18(21)20-14-8-10-15(11-9-14)23-17-6-4-3-5-16(17)22-2/h3-6,8-11,13H,7,12,19H2,1-2H3,(H,20,21). The molecular weight excluding hydrogens is 292 g/mol. The van der Waals surface area contributed by atoms with Crippen LogP contribution in [0.2, 0.25) is 0 Å². The lowest BCUT2D eigenvalue weighted by Gasteiger charge is -2.11. The van der Waals surface area contributed by atoms with Gasteiger partial charge in [-0.15, -0.1) is 0 Å². The molecular formula is C18H22N2O3. The minimum atomic E-state index is -0.0410. The van der Waals surface area contributed by atoms with E-state index < -0.39 is 0 Å². The van der Waals surface area contributed by atoms with Crippen LogP contribution < -0.4 is 20.5 Å². The second-order valence-corrected chi connectivity index (χ2v) is 5.34. The summed E-state index contributed by atoms with van der Waals surface area (Å²) in [6.07, 6.45) is 1.08. The Balaban J connectivity index is 1.95. The average Bonchev–Trinajstić information content (AvgIpc) is 2.55. The molecule has 0 spiro atoms. The minimum absolute atomic E-state index is 0.0254. The number of hydrogen-bond acceptors (Lipinski definition) is 4. The summed E-state index contributed by atoms with van der Waals surface area (Å²) in [7, 11) is 1.60. The van der Waals surface area contributed by atoms with Gasteiger partial charge in [-0.1, -0.05) is 12.1 Å². The lowest BCUT2D eigenvalue weighted by molar-refractivity contribution is -0.116. The van der Waals surface area contributed by atoms with Gasteiger partial charge in [0.15, 0.2) is 11.5 Å². The Labute approximate surface area is 136 Å².